The van der Waals surface area contributed by atoms with Crippen LogP contribution in [0.15, 0.2) is 85.3 Å². The number of hydrogen-bond donors (Lipinski definition) is 1. The van der Waals surface area contributed by atoms with Gasteiger partial charge in [0.25, 0.3) is 0 Å². The van der Waals surface area contributed by atoms with Crippen molar-refractivity contribution in [1.29, 1.82) is 0 Å². The first kappa shape index (κ1) is 19.5. The minimum absolute atomic E-state index is 0.0804. The van der Waals surface area contributed by atoms with Crippen molar-refractivity contribution in [2.24, 2.45) is 0 Å². The smallest absolute Gasteiger partial charge is 0.174 e. The summed E-state index contributed by atoms with van der Waals surface area (Å²) >= 11 is 5.82. The lowest BCUT2D eigenvalue weighted by molar-refractivity contribution is 0.548. The van der Waals surface area contributed by atoms with Crippen LogP contribution in [0.4, 0.5) is 5.69 Å². The number of nitrogens with zero attached hydrogens (tertiary/aromatic N) is 4. The minimum Gasteiger partial charge on any atom is -0.351 e. The van der Waals surface area contributed by atoms with E-state index in [1.165, 1.54) is 5.56 Å². The molecule has 31 heavy (non-hydrogen) atoms. The Kier molecular flexibility index (Phi) is 5.00. The summed E-state index contributed by atoms with van der Waals surface area (Å²) in [5.41, 5.74) is 5.45. The van der Waals surface area contributed by atoms with Gasteiger partial charge >= 0.3 is 0 Å². The van der Waals surface area contributed by atoms with Gasteiger partial charge in [0.1, 0.15) is 11.9 Å². The van der Waals surface area contributed by atoms with Gasteiger partial charge in [-0.2, -0.15) is 0 Å². The molecule has 0 bridgehead atoms. The van der Waals surface area contributed by atoms with Crippen LogP contribution < -0.4 is 10.2 Å². The summed E-state index contributed by atoms with van der Waals surface area (Å²) in [4.78, 5) is 11.5. The highest BCUT2D eigenvalue weighted by Crippen LogP contribution is 2.42. The molecule has 5 rings (SSSR count). The largest absolute Gasteiger partial charge is 0.351 e. The van der Waals surface area contributed by atoms with Crippen molar-refractivity contribution in [3.8, 4) is 5.82 Å². The first-order valence-corrected chi connectivity index (χ1v) is 10.7. The molecule has 1 N–H and O–H groups in total. The van der Waals surface area contributed by atoms with Gasteiger partial charge in [-0.25, -0.2) is 4.98 Å². The number of thiocarbonyl (C=S) groups is 1. The molecule has 0 amide bonds. The van der Waals surface area contributed by atoms with E-state index in [1.54, 1.807) is 0 Å². The lowest BCUT2D eigenvalue weighted by Crippen LogP contribution is -2.30. The zero-order chi connectivity index (χ0) is 21.4. The third-order valence-electron chi connectivity index (χ3n) is 5.64. The highest BCUT2D eigenvalue weighted by molar-refractivity contribution is 7.80. The van der Waals surface area contributed by atoms with Crippen LogP contribution in [-0.2, 0) is 0 Å². The molecule has 0 unspecified atom stereocenters. The number of aromatic nitrogens is 3. The van der Waals surface area contributed by atoms with Crippen molar-refractivity contribution in [2.45, 2.75) is 25.9 Å². The van der Waals surface area contributed by atoms with E-state index < -0.39 is 0 Å². The third-order valence-corrected chi connectivity index (χ3v) is 5.95. The van der Waals surface area contributed by atoms with Crippen LogP contribution in [0.1, 0.15) is 34.6 Å². The summed E-state index contributed by atoms with van der Waals surface area (Å²) in [5, 5.41) is 4.21. The average molecular weight is 426 g/mol. The van der Waals surface area contributed by atoms with Crippen LogP contribution in [0.2, 0.25) is 0 Å². The Balaban J connectivity index is 1.66. The molecule has 1 fully saturated rings. The van der Waals surface area contributed by atoms with Crippen LogP contribution in [0, 0.1) is 13.8 Å². The Hall–Kier alpha value is -3.51. The Morgan fingerprint density at radius 3 is 2.39 bits per heavy atom. The van der Waals surface area contributed by atoms with Gasteiger partial charge in [-0.3, -0.25) is 4.98 Å². The number of nitrogens with one attached hydrogen (secondary N) is 1. The van der Waals surface area contributed by atoms with Crippen LogP contribution >= 0.6 is 12.2 Å². The monoisotopic (exact) mass is 425 g/mol. The summed E-state index contributed by atoms with van der Waals surface area (Å²) in [6, 6.07) is 22.6. The number of rotatable bonds is 4. The molecule has 4 aromatic rings. The van der Waals surface area contributed by atoms with Crippen LogP contribution in [0.5, 0.6) is 0 Å². The average Bonchev–Trinajstić information content (AvgIpc) is 3.40. The Morgan fingerprint density at radius 1 is 0.871 bits per heavy atom. The molecular formula is C25H23N5S. The molecular weight excluding hydrogens is 402 g/mol. The fourth-order valence-electron chi connectivity index (χ4n) is 4.09. The van der Waals surface area contributed by atoms with Gasteiger partial charge in [-0.1, -0.05) is 29.8 Å². The number of pyridine rings is 2. The SMILES string of the molecule is Cc1ccc(N2C(=S)N[C@H](c3ccccn3)[C@@H]2c2cccn2-c2ccc(C)cn2)cc1. The molecule has 1 aromatic carbocycles. The van der Waals surface area contributed by atoms with Gasteiger partial charge in [0.2, 0.25) is 0 Å². The van der Waals surface area contributed by atoms with Crippen molar-refractivity contribution in [3.63, 3.8) is 0 Å². The van der Waals surface area contributed by atoms with Crippen LogP contribution in [-0.4, -0.2) is 19.6 Å². The second-order valence-electron chi connectivity index (χ2n) is 7.83. The maximum atomic E-state index is 5.82. The summed E-state index contributed by atoms with van der Waals surface area (Å²) in [6.07, 6.45) is 5.77. The zero-order valence-corrected chi connectivity index (χ0v) is 18.3. The molecule has 5 nitrogen and oxygen atoms in total. The summed E-state index contributed by atoms with van der Waals surface area (Å²) in [7, 11) is 0. The predicted molar refractivity (Wildman–Crippen MR) is 127 cm³/mol. The second kappa shape index (κ2) is 7.96. The normalized spacial score (nSPS) is 18.3. The molecule has 0 spiro atoms. The molecule has 1 aliphatic rings. The van der Waals surface area contributed by atoms with Gasteiger partial charge < -0.3 is 14.8 Å². The highest BCUT2D eigenvalue weighted by Gasteiger charge is 2.42. The van der Waals surface area contributed by atoms with E-state index in [0.29, 0.717) is 5.11 Å². The fourth-order valence-corrected chi connectivity index (χ4v) is 4.43. The van der Waals surface area contributed by atoms with Gasteiger partial charge in [0.05, 0.1) is 11.7 Å². The van der Waals surface area contributed by atoms with E-state index in [-0.39, 0.29) is 12.1 Å². The zero-order valence-electron chi connectivity index (χ0n) is 17.4. The maximum Gasteiger partial charge on any atom is 0.174 e. The molecule has 1 saturated heterocycles. The highest BCUT2D eigenvalue weighted by atomic mass is 32.1. The topological polar surface area (TPSA) is 46.0 Å². The van der Waals surface area contributed by atoms with E-state index in [0.717, 1.165) is 28.5 Å². The molecule has 0 saturated carbocycles. The lowest BCUT2D eigenvalue weighted by Gasteiger charge is -2.29. The fraction of sp³-hybridized carbons (Fsp3) is 0.160. The standard InChI is InChI=1S/C25H23N5S/c1-17-8-11-19(12-9-17)30-24(23(28-25(30)31)20-6-3-4-14-26-20)21-7-5-15-29(21)22-13-10-18(2)16-27-22/h3-16,23-24H,1-2H3,(H,28,31)/t23-,24+/m1/s1. The van der Waals surface area contributed by atoms with Crippen molar-refractivity contribution in [1.82, 2.24) is 19.9 Å². The number of aryl methyl sites for hydroxylation is 2. The lowest BCUT2D eigenvalue weighted by atomic mass is 10.0. The number of benzene rings is 1. The molecule has 3 aromatic heterocycles. The second-order valence-corrected chi connectivity index (χ2v) is 8.22. The molecule has 1 aliphatic heterocycles. The molecule has 2 atom stereocenters. The van der Waals surface area contributed by atoms with Crippen LogP contribution in [0.3, 0.4) is 0 Å². The third kappa shape index (κ3) is 3.59. The van der Waals surface area contributed by atoms with Crippen molar-refractivity contribution < 1.29 is 0 Å². The van der Waals surface area contributed by atoms with Crippen LogP contribution in [0.25, 0.3) is 5.82 Å². The maximum absolute atomic E-state index is 5.82. The van der Waals surface area contributed by atoms with E-state index in [1.807, 2.05) is 43.6 Å². The van der Waals surface area contributed by atoms with Gasteiger partial charge in [0.15, 0.2) is 5.11 Å². The van der Waals surface area contributed by atoms with Gasteiger partial charge in [-0.15, -0.1) is 0 Å². The first-order valence-electron chi connectivity index (χ1n) is 10.3. The minimum atomic E-state index is -0.0888. The van der Waals surface area contributed by atoms with Gasteiger partial charge in [-0.05, 0) is 74.1 Å². The quantitative estimate of drug-likeness (QED) is 0.463. The van der Waals surface area contributed by atoms with E-state index in [4.69, 9.17) is 12.2 Å². The Morgan fingerprint density at radius 2 is 1.68 bits per heavy atom. The predicted octanol–water partition coefficient (Wildman–Crippen LogP) is 5.06. The first-order chi connectivity index (χ1) is 15.1. The molecule has 4 heterocycles. The summed E-state index contributed by atoms with van der Waals surface area (Å²) in [6.45, 7) is 4.13. The molecule has 6 heteroatoms. The van der Waals surface area contributed by atoms with Crippen molar-refractivity contribution >= 4 is 23.0 Å². The summed E-state index contributed by atoms with van der Waals surface area (Å²) in [5.74, 6) is 0.882. The summed E-state index contributed by atoms with van der Waals surface area (Å²) < 4.78 is 2.14. The molecule has 0 radical (unpaired) electrons. The number of anilines is 1. The number of hydrogen-bond acceptors (Lipinski definition) is 3. The molecule has 154 valence electrons. The Labute approximate surface area is 187 Å². The van der Waals surface area contributed by atoms with E-state index in [9.17, 15) is 0 Å². The van der Waals surface area contributed by atoms with E-state index in [2.05, 4.69) is 80.3 Å². The Bertz CT molecular complexity index is 1200. The van der Waals surface area contributed by atoms with Crippen molar-refractivity contribution in [2.75, 3.05) is 4.90 Å². The van der Waals surface area contributed by atoms with Gasteiger partial charge in [0, 0.05) is 30.0 Å². The van der Waals surface area contributed by atoms with E-state index >= 15 is 0 Å². The molecule has 0 aliphatic carbocycles. The van der Waals surface area contributed by atoms with Crippen molar-refractivity contribution in [3.05, 3.63) is 108 Å².